The van der Waals surface area contributed by atoms with Crippen molar-refractivity contribution in [3.63, 3.8) is 0 Å². The lowest BCUT2D eigenvalue weighted by atomic mass is 10.0. The first-order chi connectivity index (χ1) is 19.0. The molecule has 2 N–H and O–H groups in total. The molecule has 9 nitrogen and oxygen atoms in total. The van der Waals surface area contributed by atoms with Gasteiger partial charge in [-0.2, -0.15) is 0 Å². The van der Waals surface area contributed by atoms with Gasteiger partial charge in [-0.1, -0.05) is 36.4 Å². The van der Waals surface area contributed by atoms with E-state index in [1.807, 2.05) is 49.4 Å². The Hall–Kier alpha value is -4.37. The van der Waals surface area contributed by atoms with Gasteiger partial charge in [-0.3, -0.25) is 14.4 Å². The Morgan fingerprint density at radius 3 is 2.44 bits per heavy atom. The highest BCUT2D eigenvalue weighted by Crippen LogP contribution is 2.34. The minimum absolute atomic E-state index is 0.138. The lowest BCUT2D eigenvalue weighted by Gasteiger charge is -2.32. The molecule has 0 radical (unpaired) electrons. The molecule has 1 aliphatic rings. The molecule has 1 unspecified atom stereocenters. The van der Waals surface area contributed by atoms with E-state index in [-0.39, 0.29) is 31.1 Å². The maximum absolute atomic E-state index is 14.0. The third-order valence-corrected chi connectivity index (χ3v) is 6.15. The number of nitrogens with zero attached hydrogens (tertiary/aromatic N) is 1. The van der Waals surface area contributed by atoms with Crippen LogP contribution < -0.4 is 20.1 Å². The Morgan fingerprint density at radius 1 is 0.974 bits per heavy atom. The molecule has 1 heterocycles. The number of hydrogen-bond donors (Lipinski definition) is 2. The van der Waals surface area contributed by atoms with E-state index in [0.717, 1.165) is 5.56 Å². The number of hydrogen-bond acceptors (Lipinski definition) is 6. The topological polar surface area (TPSA) is 106 Å². The standard InChI is InChI=1S/C30H33N3O6/c1-3-37-17-7-16-31-29(35)28(23-8-5-4-6-9-23)33(19-22-10-15-26-27(18-22)39-20-38-26)30(36)24-11-13-25(14-12-24)32-21(2)34/h4-6,8-15,18,28H,3,7,16-17,19-20H2,1-2H3,(H,31,35)(H,32,34). The van der Waals surface area contributed by atoms with Crippen LogP contribution in [-0.2, 0) is 20.9 Å². The molecule has 0 bridgehead atoms. The zero-order valence-corrected chi connectivity index (χ0v) is 22.1. The van der Waals surface area contributed by atoms with Crippen LogP contribution in [0.15, 0.2) is 72.8 Å². The van der Waals surface area contributed by atoms with E-state index >= 15 is 0 Å². The van der Waals surface area contributed by atoms with E-state index in [1.165, 1.54) is 6.92 Å². The minimum Gasteiger partial charge on any atom is -0.454 e. The van der Waals surface area contributed by atoms with Gasteiger partial charge in [-0.05, 0) is 60.9 Å². The number of nitrogens with one attached hydrogen (secondary N) is 2. The molecule has 0 saturated heterocycles. The van der Waals surface area contributed by atoms with Gasteiger partial charge in [0, 0.05) is 44.5 Å². The summed E-state index contributed by atoms with van der Waals surface area (Å²) in [5.41, 5.74) is 2.43. The van der Waals surface area contributed by atoms with Crippen molar-refractivity contribution in [2.24, 2.45) is 0 Å². The Labute approximate surface area is 228 Å². The van der Waals surface area contributed by atoms with Crippen molar-refractivity contribution in [2.45, 2.75) is 32.9 Å². The van der Waals surface area contributed by atoms with Crippen molar-refractivity contribution in [1.82, 2.24) is 10.2 Å². The van der Waals surface area contributed by atoms with Gasteiger partial charge in [-0.25, -0.2) is 0 Å². The lowest BCUT2D eigenvalue weighted by molar-refractivity contribution is -0.126. The molecule has 0 spiro atoms. The SMILES string of the molecule is CCOCCCNC(=O)C(c1ccccc1)N(Cc1ccc2c(c1)OCO2)C(=O)c1ccc(NC(C)=O)cc1. The molecule has 0 fully saturated rings. The van der Waals surface area contributed by atoms with Gasteiger partial charge in [0.15, 0.2) is 11.5 Å². The van der Waals surface area contributed by atoms with Crippen LogP contribution in [0, 0.1) is 0 Å². The van der Waals surface area contributed by atoms with Gasteiger partial charge in [0.05, 0.1) is 0 Å². The second kappa shape index (κ2) is 13.4. The summed E-state index contributed by atoms with van der Waals surface area (Å²) < 4.78 is 16.4. The first-order valence-corrected chi connectivity index (χ1v) is 12.9. The predicted molar refractivity (Wildman–Crippen MR) is 146 cm³/mol. The number of ether oxygens (including phenoxy) is 3. The smallest absolute Gasteiger partial charge is 0.255 e. The van der Waals surface area contributed by atoms with Crippen LogP contribution in [-0.4, -0.2) is 49.2 Å². The third kappa shape index (κ3) is 7.36. The van der Waals surface area contributed by atoms with Crippen molar-refractivity contribution in [2.75, 3.05) is 31.9 Å². The van der Waals surface area contributed by atoms with Crippen LogP contribution in [0.4, 0.5) is 5.69 Å². The van der Waals surface area contributed by atoms with Crippen molar-refractivity contribution < 1.29 is 28.6 Å². The minimum atomic E-state index is -0.897. The number of rotatable bonds is 12. The van der Waals surface area contributed by atoms with Crippen molar-refractivity contribution >= 4 is 23.4 Å². The fourth-order valence-electron chi connectivity index (χ4n) is 4.32. The van der Waals surface area contributed by atoms with Crippen LogP contribution in [0.5, 0.6) is 11.5 Å². The molecule has 3 aromatic rings. The van der Waals surface area contributed by atoms with Crippen LogP contribution in [0.1, 0.15) is 47.8 Å². The fraction of sp³-hybridized carbons (Fsp3) is 0.300. The Bertz CT molecular complexity index is 1280. The highest BCUT2D eigenvalue weighted by atomic mass is 16.7. The molecule has 3 aromatic carbocycles. The maximum atomic E-state index is 14.0. The highest BCUT2D eigenvalue weighted by Gasteiger charge is 2.32. The summed E-state index contributed by atoms with van der Waals surface area (Å²) in [6.45, 7) is 5.19. The summed E-state index contributed by atoms with van der Waals surface area (Å²) in [4.78, 5) is 40.7. The van der Waals surface area contributed by atoms with Gasteiger partial charge >= 0.3 is 0 Å². The summed E-state index contributed by atoms with van der Waals surface area (Å²) in [6.07, 6.45) is 0.655. The molecule has 39 heavy (non-hydrogen) atoms. The molecule has 0 aromatic heterocycles. The molecule has 4 rings (SSSR count). The molecule has 9 heteroatoms. The summed E-state index contributed by atoms with van der Waals surface area (Å²) in [7, 11) is 0. The van der Waals surface area contributed by atoms with Crippen LogP contribution in [0.25, 0.3) is 0 Å². The largest absolute Gasteiger partial charge is 0.454 e. The highest BCUT2D eigenvalue weighted by molar-refractivity contribution is 5.98. The summed E-state index contributed by atoms with van der Waals surface area (Å²) in [5, 5.41) is 5.68. The second-order valence-electron chi connectivity index (χ2n) is 9.03. The van der Waals surface area contributed by atoms with E-state index in [2.05, 4.69) is 10.6 Å². The summed E-state index contributed by atoms with van der Waals surface area (Å²) in [5.74, 6) is 0.402. The van der Waals surface area contributed by atoms with Crippen molar-refractivity contribution in [3.8, 4) is 11.5 Å². The van der Waals surface area contributed by atoms with Gasteiger partial charge in [0.1, 0.15) is 6.04 Å². The molecule has 0 aliphatic carbocycles. The molecule has 1 atom stereocenters. The summed E-state index contributed by atoms with van der Waals surface area (Å²) in [6, 6.07) is 20.4. The van der Waals surface area contributed by atoms with Crippen LogP contribution in [0.3, 0.4) is 0 Å². The lowest BCUT2D eigenvalue weighted by Crippen LogP contribution is -2.43. The Morgan fingerprint density at radius 2 is 1.72 bits per heavy atom. The first-order valence-electron chi connectivity index (χ1n) is 12.9. The Kier molecular flexibility index (Phi) is 9.53. The Balaban J connectivity index is 1.67. The van der Waals surface area contributed by atoms with Crippen molar-refractivity contribution in [1.29, 1.82) is 0 Å². The summed E-state index contributed by atoms with van der Waals surface area (Å²) >= 11 is 0. The molecule has 204 valence electrons. The van der Waals surface area contributed by atoms with Gasteiger partial charge in [-0.15, -0.1) is 0 Å². The quantitative estimate of drug-likeness (QED) is 0.338. The van der Waals surface area contributed by atoms with Crippen LogP contribution in [0.2, 0.25) is 0 Å². The number of carbonyl (C=O) groups excluding carboxylic acids is 3. The number of carbonyl (C=O) groups is 3. The molecule has 1 aliphatic heterocycles. The third-order valence-electron chi connectivity index (χ3n) is 6.15. The van der Waals surface area contributed by atoms with Gasteiger partial charge < -0.3 is 29.7 Å². The average molecular weight is 532 g/mol. The van der Waals surface area contributed by atoms with E-state index < -0.39 is 6.04 Å². The number of amides is 3. The number of benzene rings is 3. The van der Waals surface area contributed by atoms with Gasteiger partial charge in [0.2, 0.25) is 18.6 Å². The molecular weight excluding hydrogens is 498 g/mol. The van der Waals surface area contributed by atoms with E-state index in [1.54, 1.807) is 35.2 Å². The number of fused-ring (bicyclic) bond motifs is 1. The zero-order chi connectivity index (χ0) is 27.6. The fourth-order valence-corrected chi connectivity index (χ4v) is 4.32. The first kappa shape index (κ1) is 27.7. The zero-order valence-electron chi connectivity index (χ0n) is 22.1. The predicted octanol–water partition coefficient (Wildman–Crippen LogP) is 4.30. The number of anilines is 1. The molecular formula is C30H33N3O6. The normalized spacial score (nSPS) is 12.5. The van der Waals surface area contributed by atoms with E-state index in [0.29, 0.717) is 54.5 Å². The molecule has 3 amide bonds. The molecule has 0 saturated carbocycles. The van der Waals surface area contributed by atoms with Crippen molar-refractivity contribution in [3.05, 3.63) is 89.5 Å². The van der Waals surface area contributed by atoms with E-state index in [4.69, 9.17) is 14.2 Å². The van der Waals surface area contributed by atoms with Crippen LogP contribution >= 0.6 is 0 Å². The second-order valence-corrected chi connectivity index (χ2v) is 9.03. The maximum Gasteiger partial charge on any atom is 0.255 e. The average Bonchev–Trinajstić information content (AvgIpc) is 3.41. The monoisotopic (exact) mass is 531 g/mol. The van der Waals surface area contributed by atoms with Gasteiger partial charge in [0.25, 0.3) is 5.91 Å². The van der Waals surface area contributed by atoms with E-state index in [9.17, 15) is 14.4 Å².